The third-order valence-corrected chi connectivity index (χ3v) is 3.91. The fraction of sp³-hybridized carbons (Fsp3) is 0.273. The maximum Gasteiger partial charge on any atom is 0.337 e. The Labute approximate surface area is 117 Å². The van der Waals surface area contributed by atoms with E-state index in [4.69, 9.17) is 22.4 Å². The maximum absolute atomic E-state index is 11.8. The normalized spacial score (nSPS) is 19.4. The van der Waals surface area contributed by atoms with Gasteiger partial charge in [0, 0.05) is 23.5 Å². The van der Waals surface area contributed by atoms with Crippen LogP contribution in [-0.4, -0.2) is 29.6 Å². The number of carboxylic acids is 1. The molecule has 1 aliphatic heterocycles. The van der Waals surface area contributed by atoms with Gasteiger partial charge in [-0.25, -0.2) is 4.79 Å². The monoisotopic (exact) mass is 332 g/mol. The average molecular weight is 334 g/mol. The number of amides is 1. The number of benzene rings is 1. The molecule has 0 spiro atoms. The molecule has 5 nitrogen and oxygen atoms in total. The number of aromatic carboxylic acids is 1. The summed E-state index contributed by atoms with van der Waals surface area (Å²) in [4.78, 5) is 24.3. The summed E-state index contributed by atoms with van der Waals surface area (Å²) in [6.45, 7) is 0.303. The third-order valence-electron chi connectivity index (χ3n) is 2.71. The lowest BCUT2D eigenvalue weighted by molar-refractivity contribution is -0.117. The molecular formula is C11H10BrClN2O3. The number of carbonyl (C=O) groups excluding carboxylic acids is 1. The summed E-state index contributed by atoms with van der Waals surface area (Å²) in [5.41, 5.74) is 6.00. The summed E-state index contributed by atoms with van der Waals surface area (Å²) in [5, 5.41) is 9.51. The van der Waals surface area contributed by atoms with Crippen LogP contribution >= 0.6 is 27.5 Å². The van der Waals surface area contributed by atoms with Crippen molar-refractivity contribution in [2.45, 2.75) is 12.5 Å². The lowest BCUT2D eigenvalue weighted by Crippen LogP contribution is -2.29. The van der Waals surface area contributed by atoms with E-state index in [2.05, 4.69) is 15.9 Å². The highest BCUT2D eigenvalue weighted by Crippen LogP contribution is 2.33. The molecule has 2 rings (SSSR count). The Morgan fingerprint density at radius 2 is 2.22 bits per heavy atom. The van der Waals surface area contributed by atoms with E-state index in [-0.39, 0.29) is 29.6 Å². The molecule has 1 amide bonds. The molecule has 96 valence electrons. The molecule has 0 bridgehead atoms. The minimum absolute atomic E-state index is 0.0220. The highest BCUT2D eigenvalue weighted by atomic mass is 79.9. The molecule has 0 aromatic heterocycles. The van der Waals surface area contributed by atoms with E-state index in [0.717, 1.165) is 0 Å². The molecule has 0 radical (unpaired) electrons. The van der Waals surface area contributed by atoms with Gasteiger partial charge in [-0.05, 0) is 28.1 Å². The second-order valence-electron chi connectivity index (χ2n) is 4.06. The van der Waals surface area contributed by atoms with E-state index in [1.807, 2.05) is 0 Å². The topological polar surface area (TPSA) is 83.6 Å². The standard InChI is InChI=1S/C11H10BrClN2O3/c12-7-2-6(11(17)18)9(3-8(7)13)15-4-5(14)1-10(15)16/h2-3,5H,1,4,14H2,(H,17,18). The van der Waals surface area contributed by atoms with Crippen molar-refractivity contribution >= 4 is 45.1 Å². The first kappa shape index (κ1) is 13.3. The Kier molecular flexibility index (Phi) is 3.61. The number of halogens is 2. The van der Waals surface area contributed by atoms with E-state index in [1.165, 1.54) is 17.0 Å². The van der Waals surface area contributed by atoms with Crippen molar-refractivity contribution in [3.8, 4) is 0 Å². The number of carbonyl (C=O) groups is 2. The van der Waals surface area contributed by atoms with Crippen molar-refractivity contribution in [1.29, 1.82) is 0 Å². The van der Waals surface area contributed by atoms with Crippen molar-refractivity contribution in [3.05, 3.63) is 27.2 Å². The summed E-state index contributed by atoms with van der Waals surface area (Å²) >= 11 is 9.10. The average Bonchev–Trinajstić information content (AvgIpc) is 2.61. The molecule has 7 heteroatoms. The van der Waals surface area contributed by atoms with Gasteiger partial charge in [-0.3, -0.25) is 4.79 Å². The smallest absolute Gasteiger partial charge is 0.337 e. The van der Waals surface area contributed by atoms with Crippen molar-refractivity contribution in [3.63, 3.8) is 0 Å². The van der Waals surface area contributed by atoms with Crippen molar-refractivity contribution in [1.82, 2.24) is 0 Å². The molecule has 1 aromatic carbocycles. The Hall–Kier alpha value is -1.11. The second kappa shape index (κ2) is 4.87. The molecule has 18 heavy (non-hydrogen) atoms. The Morgan fingerprint density at radius 1 is 1.56 bits per heavy atom. The highest BCUT2D eigenvalue weighted by molar-refractivity contribution is 9.10. The van der Waals surface area contributed by atoms with E-state index in [1.54, 1.807) is 0 Å². The molecule has 1 atom stereocenters. The third kappa shape index (κ3) is 2.36. The SMILES string of the molecule is NC1CC(=O)N(c2cc(Cl)c(Br)cc2C(=O)O)C1. The fourth-order valence-electron chi connectivity index (χ4n) is 1.90. The van der Waals surface area contributed by atoms with Gasteiger partial charge < -0.3 is 15.7 Å². The van der Waals surface area contributed by atoms with Gasteiger partial charge in [0.1, 0.15) is 0 Å². The molecule has 1 fully saturated rings. The largest absolute Gasteiger partial charge is 0.478 e. The van der Waals surface area contributed by atoms with Gasteiger partial charge in [0.15, 0.2) is 0 Å². The Bertz CT molecular complexity index is 535. The predicted octanol–water partition coefficient (Wildman–Crippen LogP) is 1.86. The lowest BCUT2D eigenvalue weighted by Gasteiger charge is -2.19. The van der Waals surface area contributed by atoms with E-state index < -0.39 is 5.97 Å². The fourth-order valence-corrected chi connectivity index (χ4v) is 2.40. The van der Waals surface area contributed by atoms with Gasteiger partial charge in [-0.2, -0.15) is 0 Å². The van der Waals surface area contributed by atoms with Crippen LogP contribution in [0.3, 0.4) is 0 Å². The molecule has 3 N–H and O–H groups in total. The first-order valence-corrected chi connectivity index (χ1v) is 6.35. The van der Waals surface area contributed by atoms with Gasteiger partial charge in [-0.1, -0.05) is 11.6 Å². The molecule has 1 heterocycles. The first-order chi connectivity index (χ1) is 8.40. The molecule has 1 unspecified atom stereocenters. The van der Waals surface area contributed by atoms with Gasteiger partial charge in [-0.15, -0.1) is 0 Å². The molecule has 1 aliphatic rings. The second-order valence-corrected chi connectivity index (χ2v) is 5.32. The van der Waals surface area contributed by atoms with Crippen LogP contribution in [0.5, 0.6) is 0 Å². The zero-order valence-electron chi connectivity index (χ0n) is 9.19. The Morgan fingerprint density at radius 3 is 2.72 bits per heavy atom. The van der Waals surface area contributed by atoms with E-state index >= 15 is 0 Å². The number of nitrogens with zero attached hydrogens (tertiary/aromatic N) is 1. The lowest BCUT2D eigenvalue weighted by atomic mass is 10.1. The van der Waals surface area contributed by atoms with Crippen LogP contribution in [0.2, 0.25) is 5.02 Å². The Balaban J connectivity index is 2.52. The van der Waals surface area contributed by atoms with Crippen molar-refractivity contribution in [2.24, 2.45) is 5.73 Å². The van der Waals surface area contributed by atoms with E-state index in [0.29, 0.717) is 16.0 Å². The summed E-state index contributed by atoms with van der Waals surface area (Å²) in [7, 11) is 0. The number of nitrogens with two attached hydrogens (primary N) is 1. The first-order valence-electron chi connectivity index (χ1n) is 5.18. The predicted molar refractivity (Wildman–Crippen MR) is 71.1 cm³/mol. The van der Waals surface area contributed by atoms with Crippen LogP contribution in [-0.2, 0) is 4.79 Å². The van der Waals surface area contributed by atoms with Gasteiger partial charge in [0.05, 0.1) is 16.3 Å². The van der Waals surface area contributed by atoms with E-state index in [9.17, 15) is 9.59 Å². The van der Waals surface area contributed by atoms with Crippen LogP contribution in [0.15, 0.2) is 16.6 Å². The van der Waals surface area contributed by atoms with Crippen molar-refractivity contribution in [2.75, 3.05) is 11.4 Å². The van der Waals surface area contributed by atoms with Crippen LogP contribution < -0.4 is 10.6 Å². The summed E-state index contributed by atoms with van der Waals surface area (Å²) in [6, 6.07) is 2.57. The number of anilines is 1. The maximum atomic E-state index is 11.8. The van der Waals surface area contributed by atoms with Crippen molar-refractivity contribution < 1.29 is 14.7 Å². The molecule has 1 aromatic rings. The number of carboxylic acid groups (broad SMARTS) is 1. The number of hydrogen-bond donors (Lipinski definition) is 2. The zero-order chi connectivity index (χ0) is 13.4. The van der Waals surface area contributed by atoms with Crippen LogP contribution in [0, 0.1) is 0 Å². The summed E-state index contributed by atoms with van der Waals surface area (Å²) < 4.78 is 0.473. The minimum Gasteiger partial charge on any atom is -0.478 e. The van der Waals surface area contributed by atoms with Gasteiger partial charge in [0.2, 0.25) is 5.91 Å². The van der Waals surface area contributed by atoms with Crippen LogP contribution in [0.1, 0.15) is 16.8 Å². The summed E-state index contributed by atoms with van der Waals surface area (Å²) in [6.07, 6.45) is 0.215. The molecule has 0 saturated carbocycles. The molecular weight excluding hydrogens is 323 g/mol. The molecule has 0 aliphatic carbocycles. The van der Waals surface area contributed by atoms with Gasteiger partial charge in [0.25, 0.3) is 0 Å². The minimum atomic E-state index is -1.12. The van der Waals surface area contributed by atoms with Gasteiger partial charge >= 0.3 is 5.97 Å². The number of rotatable bonds is 2. The van der Waals surface area contributed by atoms with Crippen LogP contribution in [0.4, 0.5) is 5.69 Å². The quantitative estimate of drug-likeness (QED) is 0.865. The zero-order valence-corrected chi connectivity index (χ0v) is 11.5. The number of hydrogen-bond acceptors (Lipinski definition) is 3. The summed E-state index contributed by atoms with van der Waals surface area (Å²) in [5.74, 6) is -1.31. The highest BCUT2D eigenvalue weighted by Gasteiger charge is 2.31. The molecule has 1 saturated heterocycles. The van der Waals surface area contributed by atoms with Crippen LogP contribution in [0.25, 0.3) is 0 Å².